The summed E-state index contributed by atoms with van der Waals surface area (Å²) in [5.74, 6) is 0. The Kier molecular flexibility index (Phi) is 3.03. The van der Waals surface area contributed by atoms with Crippen molar-refractivity contribution in [3.8, 4) is 0 Å². The molecule has 14 heavy (non-hydrogen) atoms. The smallest absolute Gasteiger partial charge is 0.296 e. The molecular formula is C9H13N3O2. The summed E-state index contributed by atoms with van der Waals surface area (Å²) in [6.45, 7) is 1.72. The minimum atomic E-state index is -0.374. The van der Waals surface area contributed by atoms with E-state index in [9.17, 15) is 10.1 Å². The summed E-state index contributed by atoms with van der Waals surface area (Å²) in [7, 11) is 3.57. The number of nitro groups is 1. The number of aryl methyl sites for hydroxylation is 1. The number of rotatable bonds is 3. The lowest BCUT2D eigenvalue weighted by atomic mass is 10.2. The van der Waals surface area contributed by atoms with Gasteiger partial charge in [0.2, 0.25) is 0 Å². The van der Waals surface area contributed by atoms with Gasteiger partial charge in [0.05, 0.1) is 4.92 Å². The number of anilines is 1. The SMILES string of the molecule is Cc1cccc(NN(C)C)c1[N+](=O)[O-]. The number of nitro benzene ring substituents is 1. The van der Waals surface area contributed by atoms with Gasteiger partial charge in [0, 0.05) is 19.7 Å². The molecule has 5 heteroatoms. The molecule has 0 bridgehead atoms. The van der Waals surface area contributed by atoms with Gasteiger partial charge in [-0.2, -0.15) is 0 Å². The molecule has 0 fully saturated rings. The second-order valence-electron chi connectivity index (χ2n) is 3.23. The zero-order valence-electron chi connectivity index (χ0n) is 8.44. The highest BCUT2D eigenvalue weighted by molar-refractivity contribution is 5.64. The van der Waals surface area contributed by atoms with Crippen molar-refractivity contribution in [1.82, 2.24) is 5.01 Å². The van der Waals surface area contributed by atoms with E-state index in [1.54, 1.807) is 44.2 Å². The van der Waals surface area contributed by atoms with E-state index in [-0.39, 0.29) is 10.6 Å². The van der Waals surface area contributed by atoms with Gasteiger partial charge in [0.25, 0.3) is 5.69 Å². The predicted molar refractivity (Wildman–Crippen MR) is 55.1 cm³/mol. The Morgan fingerprint density at radius 3 is 2.57 bits per heavy atom. The molecule has 0 aliphatic rings. The van der Waals surface area contributed by atoms with Gasteiger partial charge in [0.15, 0.2) is 0 Å². The maximum Gasteiger partial charge on any atom is 0.296 e. The van der Waals surface area contributed by atoms with Crippen molar-refractivity contribution in [3.63, 3.8) is 0 Å². The number of para-hydroxylation sites is 1. The van der Waals surface area contributed by atoms with E-state index in [0.717, 1.165) is 0 Å². The minimum Gasteiger partial charge on any atom is -0.313 e. The normalized spacial score (nSPS) is 10.3. The predicted octanol–water partition coefficient (Wildman–Crippen LogP) is 1.79. The van der Waals surface area contributed by atoms with Crippen molar-refractivity contribution in [2.45, 2.75) is 6.92 Å². The first-order valence-electron chi connectivity index (χ1n) is 4.20. The number of hydrazine groups is 1. The van der Waals surface area contributed by atoms with Crippen LogP contribution >= 0.6 is 0 Å². The number of benzene rings is 1. The Labute approximate surface area is 82.5 Å². The van der Waals surface area contributed by atoms with Crippen molar-refractivity contribution in [3.05, 3.63) is 33.9 Å². The highest BCUT2D eigenvalue weighted by Gasteiger charge is 2.16. The first-order chi connectivity index (χ1) is 6.52. The molecule has 0 spiro atoms. The van der Waals surface area contributed by atoms with E-state index in [1.807, 2.05) is 0 Å². The van der Waals surface area contributed by atoms with E-state index < -0.39 is 0 Å². The minimum absolute atomic E-state index is 0.126. The lowest BCUT2D eigenvalue weighted by Crippen LogP contribution is -2.20. The number of nitrogens with one attached hydrogen (secondary N) is 1. The van der Waals surface area contributed by atoms with Crippen LogP contribution in [0.5, 0.6) is 0 Å². The molecule has 76 valence electrons. The number of hydrogen-bond donors (Lipinski definition) is 1. The molecule has 1 aromatic rings. The summed E-state index contributed by atoms with van der Waals surface area (Å²) in [5, 5.41) is 12.4. The second-order valence-corrected chi connectivity index (χ2v) is 3.23. The molecule has 1 rings (SSSR count). The fourth-order valence-electron chi connectivity index (χ4n) is 1.23. The lowest BCUT2D eigenvalue weighted by molar-refractivity contribution is -0.384. The third-order valence-electron chi connectivity index (χ3n) is 1.76. The van der Waals surface area contributed by atoms with Crippen molar-refractivity contribution >= 4 is 11.4 Å². The van der Waals surface area contributed by atoms with Gasteiger partial charge in [-0.3, -0.25) is 10.1 Å². The molecule has 0 saturated carbocycles. The largest absolute Gasteiger partial charge is 0.313 e. The Hall–Kier alpha value is -1.62. The molecule has 0 unspecified atom stereocenters. The first-order valence-corrected chi connectivity index (χ1v) is 4.20. The quantitative estimate of drug-likeness (QED) is 0.590. The van der Waals surface area contributed by atoms with Gasteiger partial charge in [-0.15, -0.1) is 0 Å². The summed E-state index contributed by atoms with van der Waals surface area (Å²) in [6, 6.07) is 5.19. The molecular weight excluding hydrogens is 182 g/mol. The zero-order valence-corrected chi connectivity index (χ0v) is 8.44. The molecule has 0 radical (unpaired) electrons. The van der Waals surface area contributed by atoms with Crippen LogP contribution in [0.4, 0.5) is 11.4 Å². The number of nitrogens with zero attached hydrogens (tertiary/aromatic N) is 2. The topological polar surface area (TPSA) is 58.4 Å². The van der Waals surface area contributed by atoms with Gasteiger partial charge < -0.3 is 5.43 Å². The van der Waals surface area contributed by atoms with Crippen LogP contribution in [0.2, 0.25) is 0 Å². The highest BCUT2D eigenvalue weighted by Crippen LogP contribution is 2.27. The Balaban J connectivity index is 3.14. The van der Waals surface area contributed by atoms with Crippen molar-refractivity contribution in [2.75, 3.05) is 19.5 Å². The molecule has 0 atom stereocenters. The van der Waals surface area contributed by atoms with Crippen LogP contribution in [0.1, 0.15) is 5.56 Å². The fraction of sp³-hybridized carbons (Fsp3) is 0.333. The van der Waals surface area contributed by atoms with Crippen LogP contribution in [-0.4, -0.2) is 24.0 Å². The highest BCUT2D eigenvalue weighted by atomic mass is 16.6. The molecule has 5 nitrogen and oxygen atoms in total. The van der Waals surface area contributed by atoms with Gasteiger partial charge >= 0.3 is 0 Å². The van der Waals surface area contributed by atoms with Gasteiger partial charge in [-0.25, -0.2) is 5.01 Å². The molecule has 1 aromatic carbocycles. The van der Waals surface area contributed by atoms with Crippen molar-refractivity contribution < 1.29 is 4.92 Å². The second kappa shape index (κ2) is 4.06. The first kappa shape index (κ1) is 10.5. The molecule has 0 aromatic heterocycles. The van der Waals surface area contributed by atoms with E-state index >= 15 is 0 Å². The van der Waals surface area contributed by atoms with Gasteiger partial charge in [0.1, 0.15) is 5.69 Å². The van der Waals surface area contributed by atoms with Crippen molar-refractivity contribution in [1.29, 1.82) is 0 Å². The van der Waals surface area contributed by atoms with Crippen LogP contribution in [0, 0.1) is 17.0 Å². The zero-order chi connectivity index (χ0) is 10.7. The third-order valence-corrected chi connectivity index (χ3v) is 1.76. The lowest BCUT2D eigenvalue weighted by Gasteiger charge is -2.13. The molecule has 1 N–H and O–H groups in total. The monoisotopic (exact) mass is 195 g/mol. The van der Waals surface area contributed by atoms with Crippen LogP contribution in [0.25, 0.3) is 0 Å². The average Bonchev–Trinajstić information content (AvgIpc) is 2.01. The standard InChI is InChI=1S/C9H13N3O2/c1-7-5-4-6-8(10-11(2)3)9(7)12(13)14/h4-6,10H,1-3H3. The van der Waals surface area contributed by atoms with E-state index in [0.29, 0.717) is 11.3 Å². The Bertz CT molecular complexity index is 350. The molecule has 0 aliphatic carbocycles. The fourth-order valence-corrected chi connectivity index (χ4v) is 1.23. The summed E-state index contributed by atoms with van der Waals surface area (Å²) in [6.07, 6.45) is 0. The summed E-state index contributed by atoms with van der Waals surface area (Å²) in [4.78, 5) is 10.4. The van der Waals surface area contributed by atoms with Gasteiger partial charge in [-0.1, -0.05) is 12.1 Å². The van der Waals surface area contributed by atoms with Gasteiger partial charge in [-0.05, 0) is 13.0 Å². The summed E-state index contributed by atoms with van der Waals surface area (Å²) in [5.41, 5.74) is 4.18. The molecule has 0 aliphatic heterocycles. The Morgan fingerprint density at radius 2 is 2.07 bits per heavy atom. The molecule has 0 amide bonds. The molecule has 0 saturated heterocycles. The third kappa shape index (κ3) is 2.20. The maximum atomic E-state index is 10.8. The Morgan fingerprint density at radius 1 is 1.43 bits per heavy atom. The van der Waals surface area contributed by atoms with Crippen LogP contribution in [0.3, 0.4) is 0 Å². The summed E-state index contributed by atoms with van der Waals surface area (Å²) < 4.78 is 0. The number of hydrogen-bond acceptors (Lipinski definition) is 4. The van der Waals surface area contributed by atoms with E-state index in [1.165, 1.54) is 0 Å². The van der Waals surface area contributed by atoms with Crippen LogP contribution < -0.4 is 5.43 Å². The van der Waals surface area contributed by atoms with Crippen LogP contribution in [-0.2, 0) is 0 Å². The maximum absolute atomic E-state index is 10.8. The summed E-state index contributed by atoms with van der Waals surface area (Å²) >= 11 is 0. The van der Waals surface area contributed by atoms with E-state index in [2.05, 4.69) is 5.43 Å². The van der Waals surface area contributed by atoms with E-state index in [4.69, 9.17) is 0 Å². The van der Waals surface area contributed by atoms with Crippen molar-refractivity contribution in [2.24, 2.45) is 0 Å². The average molecular weight is 195 g/mol. The van der Waals surface area contributed by atoms with Crippen LogP contribution in [0.15, 0.2) is 18.2 Å². The molecule has 0 heterocycles.